The van der Waals surface area contributed by atoms with Crippen LogP contribution in [-0.2, 0) is 4.79 Å². The van der Waals surface area contributed by atoms with Crippen molar-refractivity contribution in [2.24, 2.45) is 0 Å². The smallest absolute Gasteiger partial charge is 0.336 e. The predicted octanol–water partition coefficient (Wildman–Crippen LogP) is 1.82. The van der Waals surface area contributed by atoms with E-state index < -0.39 is 5.97 Å². The van der Waals surface area contributed by atoms with Gasteiger partial charge in [-0.3, -0.25) is 4.79 Å². The Balaban J connectivity index is 2.13. The number of nitrogens with one attached hydrogen (secondary N) is 1. The van der Waals surface area contributed by atoms with Crippen LogP contribution in [0, 0.1) is 0 Å². The van der Waals surface area contributed by atoms with Gasteiger partial charge in [0.15, 0.2) is 0 Å². The second-order valence-electron chi connectivity index (χ2n) is 4.84. The summed E-state index contributed by atoms with van der Waals surface area (Å²) < 4.78 is 0. The summed E-state index contributed by atoms with van der Waals surface area (Å²) in [7, 11) is 3.42. The molecule has 0 atom stereocenters. The monoisotopic (exact) mass is 287 g/mol. The lowest BCUT2D eigenvalue weighted by atomic mass is 10.1. The molecule has 1 heterocycles. The number of hydrogen-bond donors (Lipinski definition) is 2. The fourth-order valence-corrected chi connectivity index (χ4v) is 1.96. The van der Waals surface area contributed by atoms with E-state index in [4.69, 9.17) is 5.11 Å². The lowest BCUT2D eigenvalue weighted by Crippen LogP contribution is -2.24. The third kappa shape index (κ3) is 3.47. The molecule has 6 nitrogen and oxygen atoms in total. The summed E-state index contributed by atoms with van der Waals surface area (Å²) >= 11 is 0. The molecule has 1 aromatic heterocycles. The van der Waals surface area contributed by atoms with Crippen molar-refractivity contribution < 1.29 is 14.7 Å². The Morgan fingerprint density at radius 2 is 2.00 bits per heavy atom. The number of carboxylic acids is 1. The Bertz CT molecular complexity index is 683. The highest BCUT2D eigenvalue weighted by molar-refractivity contribution is 6.02. The molecule has 21 heavy (non-hydrogen) atoms. The minimum atomic E-state index is -0.973. The van der Waals surface area contributed by atoms with E-state index in [9.17, 15) is 9.59 Å². The van der Waals surface area contributed by atoms with Gasteiger partial charge in [-0.1, -0.05) is 6.07 Å². The van der Waals surface area contributed by atoms with E-state index in [1.807, 2.05) is 0 Å². The summed E-state index contributed by atoms with van der Waals surface area (Å²) in [5, 5.41) is 12.8. The minimum absolute atomic E-state index is 0.0384. The zero-order valence-electron chi connectivity index (χ0n) is 12.0. The minimum Gasteiger partial charge on any atom is -0.478 e. The van der Waals surface area contributed by atoms with Crippen molar-refractivity contribution in [3.63, 3.8) is 0 Å². The molecule has 0 aliphatic rings. The Morgan fingerprint density at radius 3 is 2.67 bits per heavy atom. The molecule has 0 saturated carbocycles. The van der Waals surface area contributed by atoms with Crippen LogP contribution in [-0.4, -0.2) is 47.5 Å². The molecule has 0 bridgehead atoms. The van der Waals surface area contributed by atoms with Crippen LogP contribution >= 0.6 is 0 Å². The molecule has 2 N–H and O–H groups in total. The molecular formula is C15H17N3O3. The lowest BCUT2D eigenvalue weighted by molar-refractivity contribution is -0.128. The molecular weight excluding hydrogens is 270 g/mol. The maximum absolute atomic E-state index is 11.5. The van der Waals surface area contributed by atoms with Gasteiger partial charge in [0.2, 0.25) is 5.91 Å². The first kappa shape index (κ1) is 14.8. The third-order valence-electron chi connectivity index (χ3n) is 3.11. The summed E-state index contributed by atoms with van der Waals surface area (Å²) in [4.78, 5) is 28.5. The highest BCUT2D eigenvalue weighted by Crippen LogP contribution is 2.19. The first-order chi connectivity index (χ1) is 9.99. The summed E-state index contributed by atoms with van der Waals surface area (Å²) in [5.41, 5.74) is 0.841. The van der Waals surface area contributed by atoms with Gasteiger partial charge in [0.25, 0.3) is 0 Å². The van der Waals surface area contributed by atoms with Crippen LogP contribution in [0.5, 0.6) is 0 Å². The van der Waals surface area contributed by atoms with Gasteiger partial charge in [0, 0.05) is 32.4 Å². The SMILES string of the molecule is CN(C)C(=O)CCNc1ccc2c(C(=O)O)cccc2n1. The number of benzene rings is 1. The number of nitrogens with zero attached hydrogens (tertiary/aromatic N) is 2. The van der Waals surface area contributed by atoms with E-state index in [2.05, 4.69) is 10.3 Å². The zero-order valence-corrected chi connectivity index (χ0v) is 12.0. The Morgan fingerprint density at radius 1 is 1.24 bits per heavy atom. The topological polar surface area (TPSA) is 82.5 Å². The molecule has 2 aromatic rings. The van der Waals surface area contributed by atoms with Gasteiger partial charge in [-0.2, -0.15) is 0 Å². The standard InChI is InChI=1S/C15H17N3O3/c1-18(2)14(19)8-9-16-13-7-6-10-11(15(20)21)4-3-5-12(10)17-13/h3-7H,8-9H2,1-2H3,(H,16,17)(H,20,21). The fraction of sp³-hybridized carbons (Fsp3) is 0.267. The summed E-state index contributed by atoms with van der Waals surface area (Å²) in [6, 6.07) is 8.42. The molecule has 0 fully saturated rings. The van der Waals surface area contributed by atoms with E-state index in [1.54, 1.807) is 44.4 Å². The normalized spacial score (nSPS) is 10.4. The van der Waals surface area contributed by atoms with Gasteiger partial charge < -0.3 is 15.3 Å². The van der Waals surface area contributed by atoms with E-state index in [-0.39, 0.29) is 11.5 Å². The van der Waals surface area contributed by atoms with Crippen molar-refractivity contribution in [1.29, 1.82) is 0 Å². The van der Waals surface area contributed by atoms with Crippen LogP contribution in [0.2, 0.25) is 0 Å². The van der Waals surface area contributed by atoms with E-state index >= 15 is 0 Å². The fourth-order valence-electron chi connectivity index (χ4n) is 1.96. The molecule has 6 heteroatoms. The number of fused-ring (bicyclic) bond motifs is 1. The molecule has 0 spiro atoms. The molecule has 110 valence electrons. The third-order valence-corrected chi connectivity index (χ3v) is 3.11. The van der Waals surface area contributed by atoms with Crippen LogP contribution in [0.25, 0.3) is 10.9 Å². The van der Waals surface area contributed by atoms with E-state index in [1.165, 1.54) is 4.90 Å². The maximum atomic E-state index is 11.5. The molecule has 0 radical (unpaired) electrons. The summed E-state index contributed by atoms with van der Waals surface area (Å²) in [6.45, 7) is 0.480. The van der Waals surface area contributed by atoms with E-state index in [0.717, 1.165) is 0 Å². The summed E-state index contributed by atoms with van der Waals surface area (Å²) in [5.74, 6) is -0.312. The number of anilines is 1. The van der Waals surface area contributed by atoms with Gasteiger partial charge in [0.1, 0.15) is 5.82 Å². The number of hydrogen-bond acceptors (Lipinski definition) is 4. The Kier molecular flexibility index (Phi) is 4.37. The molecule has 2 rings (SSSR count). The van der Waals surface area contributed by atoms with Crippen LogP contribution < -0.4 is 5.32 Å². The number of carbonyl (C=O) groups is 2. The van der Waals surface area contributed by atoms with Gasteiger partial charge in [0.05, 0.1) is 11.1 Å². The number of pyridine rings is 1. The first-order valence-electron chi connectivity index (χ1n) is 6.56. The summed E-state index contributed by atoms with van der Waals surface area (Å²) in [6.07, 6.45) is 0.377. The number of rotatable bonds is 5. The first-order valence-corrected chi connectivity index (χ1v) is 6.56. The Labute approximate surface area is 122 Å². The van der Waals surface area contributed by atoms with Crippen molar-refractivity contribution in [2.75, 3.05) is 26.0 Å². The van der Waals surface area contributed by atoms with Crippen molar-refractivity contribution in [1.82, 2.24) is 9.88 Å². The lowest BCUT2D eigenvalue weighted by Gasteiger charge is -2.11. The second kappa shape index (κ2) is 6.21. The van der Waals surface area contributed by atoms with E-state index in [0.29, 0.717) is 29.7 Å². The quantitative estimate of drug-likeness (QED) is 0.876. The van der Waals surface area contributed by atoms with Crippen molar-refractivity contribution in [3.05, 3.63) is 35.9 Å². The average molecular weight is 287 g/mol. The van der Waals surface area contributed by atoms with Crippen LogP contribution in [0.4, 0.5) is 5.82 Å². The predicted molar refractivity (Wildman–Crippen MR) is 80.5 cm³/mol. The largest absolute Gasteiger partial charge is 0.478 e. The number of carboxylic acid groups (broad SMARTS) is 1. The maximum Gasteiger partial charge on any atom is 0.336 e. The average Bonchev–Trinajstić information content (AvgIpc) is 2.46. The zero-order chi connectivity index (χ0) is 15.4. The molecule has 1 amide bonds. The van der Waals surface area contributed by atoms with Crippen molar-refractivity contribution in [2.45, 2.75) is 6.42 Å². The number of amides is 1. The highest BCUT2D eigenvalue weighted by Gasteiger charge is 2.09. The number of aromatic carboxylic acids is 1. The molecule has 0 aliphatic carbocycles. The van der Waals surface area contributed by atoms with Gasteiger partial charge in [-0.05, 0) is 24.3 Å². The Hall–Kier alpha value is -2.63. The number of aromatic nitrogens is 1. The molecule has 0 aliphatic heterocycles. The van der Waals surface area contributed by atoms with Crippen molar-refractivity contribution in [3.8, 4) is 0 Å². The van der Waals surface area contributed by atoms with Gasteiger partial charge >= 0.3 is 5.97 Å². The van der Waals surface area contributed by atoms with Crippen LogP contribution in [0.1, 0.15) is 16.8 Å². The number of carbonyl (C=O) groups excluding carboxylic acids is 1. The van der Waals surface area contributed by atoms with Crippen molar-refractivity contribution >= 4 is 28.6 Å². The van der Waals surface area contributed by atoms with Gasteiger partial charge in [-0.15, -0.1) is 0 Å². The molecule has 1 aromatic carbocycles. The van der Waals surface area contributed by atoms with Gasteiger partial charge in [-0.25, -0.2) is 9.78 Å². The van der Waals surface area contributed by atoms with Crippen LogP contribution in [0.3, 0.4) is 0 Å². The van der Waals surface area contributed by atoms with Crippen LogP contribution in [0.15, 0.2) is 30.3 Å². The molecule has 0 saturated heterocycles. The second-order valence-corrected chi connectivity index (χ2v) is 4.84. The molecule has 0 unspecified atom stereocenters. The highest BCUT2D eigenvalue weighted by atomic mass is 16.4.